The average molecular weight is 1180 g/mol. The van der Waals surface area contributed by atoms with Crippen LogP contribution < -0.4 is 10.6 Å². The van der Waals surface area contributed by atoms with Gasteiger partial charge in [0, 0.05) is 44.1 Å². The minimum atomic E-state index is -2.57. The van der Waals surface area contributed by atoms with Crippen LogP contribution in [0.4, 0.5) is 0 Å². The molecule has 0 radical (unpaired) electrons. The highest BCUT2D eigenvalue weighted by Crippen LogP contribution is 2.65. The molecule has 454 valence electrons. The molecule has 5 aliphatic carbocycles. The summed E-state index contributed by atoms with van der Waals surface area (Å²) in [5.74, 6) is -12.2. The molecule has 3 aromatic rings. The van der Waals surface area contributed by atoms with Crippen molar-refractivity contribution >= 4 is 59.4 Å². The smallest absolute Gasteiger partial charge is 0.350 e. The number of aliphatic carboxylic acids is 1. The molecule has 2 amide bonds. The molecule has 0 spiro atoms. The van der Waals surface area contributed by atoms with Gasteiger partial charge in [0.2, 0.25) is 12.0 Å². The summed E-state index contributed by atoms with van der Waals surface area (Å²) in [7, 11) is 0. The summed E-state index contributed by atoms with van der Waals surface area (Å²) in [5, 5.41) is 29.5. The number of hydrogen-bond acceptors (Lipinski definition) is 18. The molecule has 9 rings (SSSR count). The molecule has 6 aliphatic rings. The zero-order valence-electron chi connectivity index (χ0n) is 48.5. The van der Waals surface area contributed by atoms with Gasteiger partial charge in [0.05, 0.1) is 35.3 Å². The first-order valence-corrected chi connectivity index (χ1v) is 29.2. The molecule has 4 N–H and O–H groups in total. The van der Waals surface area contributed by atoms with Crippen LogP contribution in [0.15, 0.2) is 102 Å². The Morgan fingerprint density at radius 1 is 0.718 bits per heavy atom. The van der Waals surface area contributed by atoms with Crippen molar-refractivity contribution in [3.8, 4) is 0 Å². The lowest BCUT2D eigenvalue weighted by atomic mass is 9.44. The van der Waals surface area contributed by atoms with E-state index >= 15 is 9.59 Å². The zero-order chi connectivity index (χ0) is 61.2. The molecule has 4 saturated carbocycles. The van der Waals surface area contributed by atoms with E-state index in [1.165, 1.54) is 64.1 Å². The lowest BCUT2D eigenvalue weighted by Crippen LogP contribution is -2.82. The Bertz CT molecular complexity index is 3100. The Labute approximate surface area is 492 Å². The predicted octanol–water partition coefficient (Wildman–Crippen LogP) is 6.57. The number of hydrogen-bond donors (Lipinski definition) is 4. The first kappa shape index (κ1) is 61.8. The number of carboxylic acids is 1. The normalized spacial score (nSPS) is 28.9. The van der Waals surface area contributed by atoms with Crippen molar-refractivity contribution in [1.82, 2.24) is 10.6 Å². The Hall–Kier alpha value is -7.78. The third-order valence-corrected chi connectivity index (χ3v) is 18.6. The van der Waals surface area contributed by atoms with Crippen molar-refractivity contribution in [3.05, 3.63) is 119 Å². The Morgan fingerprint density at radius 3 is 1.85 bits per heavy atom. The van der Waals surface area contributed by atoms with Crippen molar-refractivity contribution in [2.45, 2.75) is 179 Å². The van der Waals surface area contributed by atoms with Gasteiger partial charge in [-0.15, -0.1) is 0 Å². The van der Waals surface area contributed by atoms with Gasteiger partial charge < -0.3 is 54.0 Å². The third kappa shape index (κ3) is 12.1. The lowest BCUT2D eigenvalue weighted by Gasteiger charge is -2.67. The van der Waals surface area contributed by atoms with E-state index in [9.17, 15) is 48.6 Å². The highest BCUT2D eigenvalue weighted by Gasteiger charge is 2.79. The number of nitrogens with one attached hydrogen (secondary N) is 2. The van der Waals surface area contributed by atoms with E-state index in [1.54, 1.807) is 54.6 Å². The number of rotatable bonds is 19. The van der Waals surface area contributed by atoms with E-state index in [0.29, 0.717) is 38.5 Å². The third-order valence-electron chi connectivity index (χ3n) is 18.6. The van der Waals surface area contributed by atoms with E-state index in [4.69, 9.17) is 33.2 Å². The highest BCUT2D eigenvalue weighted by atomic mass is 16.6. The van der Waals surface area contributed by atoms with Crippen LogP contribution in [0.5, 0.6) is 0 Å². The zero-order valence-corrected chi connectivity index (χ0v) is 48.5. The average Bonchev–Trinajstić information content (AvgIpc) is 0.829. The molecule has 0 unspecified atom stereocenters. The van der Waals surface area contributed by atoms with Crippen LogP contribution in [-0.4, -0.2) is 130 Å². The number of amides is 2. The van der Waals surface area contributed by atoms with Crippen LogP contribution in [0, 0.1) is 28.6 Å². The molecule has 21 heteroatoms. The van der Waals surface area contributed by atoms with Crippen molar-refractivity contribution in [2.24, 2.45) is 28.6 Å². The van der Waals surface area contributed by atoms with Crippen molar-refractivity contribution in [3.63, 3.8) is 0 Å². The Morgan fingerprint density at radius 2 is 1.29 bits per heavy atom. The SMILES string of the molecule is CC(=O)O[C@H]1C(=O)[C@]2(C)[C@@H](OC(=O)C3CCCC3)C[C@H]3OC[C@@]3(OC(C)=O)[C@H]2[C@H](OC(=O)c2ccccc2)[C@]2(O)C[C@H](OC(=O)[C@H](OC(=O)C3CCCC3)[C@@H](NC(=O)[C@@H](CCC(=O)O)NC(=O)c3ccccc3)c3ccccc3)C(C)=C1C2(C)C. The standard InChI is InChI=1S/C64H74N2O19/c1-35-44(81-60(77)51(83-58(75)41-28-18-19-29-41)49(38-20-10-7-11-21-38)66-56(73)43(30-31-47(69)70)65-55(72)39-22-12-8-13-23-39)33-64(78)54(84-59(76)42-24-14-9-15-25-42)52-62(6,53(71)50(80-36(2)67)48(35)61(64,4)5)45(82-57(74)40-26-16-17-27-40)32-46-63(52,34-79-46)85-37(3)68/h7-15,20-25,40-41,43-46,49-52,54,78H,16-19,26-34H2,1-6H3,(H,65,72)(H,66,73)(H,69,70)/t43-,44+,45+,46-,49+,50-,51-,52+,54+,62-,63+,64-/m1/s1. The molecule has 12 atom stereocenters. The number of aliphatic hydroxyl groups is 1. The van der Waals surface area contributed by atoms with Crippen LogP contribution in [0.1, 0.15) is 151 Å². The van der Waals surface area contributed by atoms with E-state index in [0.717, 1.165) is 26.7 Å². The minimum Gasteiger partial charge on any atom is -0.481 e. The molecule has 1 heterocycles. The molecule has 5 fully saturated rings. The van der Waals surface area contributed by atoms with Crippen LogP contribution in [0.25, 0.3) is 0 Å². The van der Waals surface area contributed by atoms with E-state index < -0.39 is 174 Å². The fourth-order valence-electron chi connectivity index (χ4n) is 14.0. The fraction of sp³-hybridized carbons (Fsp3) is 0.531. The molecule has 2 bridgehead atoms. The summed E-state index contributed by atoms with van der Waals surface area (Å²) >= 11 is 0. The van der Waals surface area contributed by atoms with Gasteiger partial charge in [-0.25, -0.2) is 9.59 Å². The van der Waals surface area contributed by atoms with Crippen LogP contribution in [0.3, 0.4) is 0 Å². The Kier molecular flexibility index (Phi) is 18.2. The summed E-state index contributed by atoms with van der Waals surface area (Å²) in [6.07, 6.45) is -7.35. The van der Waals surface area contributed by atoms with Gasteiger partial charge in [-0.1, -0.05) is 106 Å². The van der Waals surface area contributed by atoms with E-state index in [2.05, 4.69) is 10.6 Å². The topological polar surface area (TPSA) is 300 Å². The van der Waals surface area contributed by atoms with Gasteiger partial charge >= 0.3 is 41.8 Å². The second kappa shape index (κ2) is 25.0. The number of carbonyl (C=O) groups is 10. The second-order valence-corrected chi connectivity index (χ2v) is 24.1. The maximum Gasteiger partial charge on any atom is 0.350 e. The number of benzene rings is 3. The number of carbonyl (C=O) groups excluding carboxylic acids is 9. The van der Waals surface area contributed by atoms with E-state index in [1.807, 2.05) is 0 Å². The van der Waals surface area contributed by atoms with Gasteiger partial charge in [0.25, 0.3) is 5.91 Å². The highest BCUT2D eigenvalue weighted by molar-refractivity contribution is 5.98. The largest absolute Gasteiger partial charge is 0.481 e. The van der Waals surface area contributed by atoms with Gasteiger partial charge in [-0.05, 0) is 86.9 Å². The summed E-state index contributed by atoms with van der Waals surface area (Å²) in [5.41, 5.74) is -8.07. The molecular weight excluding hydrogens is 1100 g/mol. The summed E-state index contributed by atoms with van der Waals surface area (Å²) in [6, 6.07) is 20.4. The molecular formula is C64H74N2O19. The number of ether oxygens (including phenoxy) is 7. The number of Topliss-reactive ketones (excluding diaryl/α,β-unsaturated/α-hetero) is 1. The predicted molar refractivity (Wildman–Crippen MR) is 298 cm³/mol. The fourth-order valence-corrected chi connectivity index (χ4v) is 14.0. The molecule has 0 aromatic heterocycles. The van der Waals surface area contributed by atoms with Gasteiger partial charge in [-0.2, -0.15) is 0 Å². The van der Waals surface area contributed by atoms with Crippen LogP contribution in [0.2, 0.25) is 0 Å². The van der Waals surface area contributed by atoms with Crippen molar-refractivity contribution in [2.75, 3.05) is 6.61 Å². The molecule has 85 heavy (non-hydrogen) atoms. The van der Waals surface area contributed by atoms with Crippen molar-refractivity contribution < 1.29 is 91.3 Å². The Balaban J connectivity index is 1.20. The first-order valence-electron chi connectivity index (χ1n) is 29.2. The number of carboxylic acid groups (broad SMARTS) is 1. The van der Waals surface area contributed by atoms with Crippen LogP contribution in [-0.2, 0) is 71.5 Å². The summed E-state index contributed by atoms with van der Waals surface area (Å²) in [4.78, 5) is 143. The summed E-state index contributed by atoms with van der Waals surface area (Å²) in [6.45, 7) is 7.85. The molecule has 1 saturated heterocycles. The second-order valence-electron chi connectivity index (χ2n) is 24.1. The quantitative estimate of drug-likeness (QED) is 0.0560. The minimum absolute atomic E-state index is 0.0104. The number of esters is 6. The number of ketones is 1. The monoisotopic (exact) mass is 1170 g/mol. The van der Waals surface area contributed by atoms with Crippen molar-refractivity contribution in [1.29, 1.82) is 0 Å². The van der Waals surface area contributed by atoms with Gasteiger partial charge in [0.15, 0.2) is 17.5 Å². The van der Waals surface area contributed by atoms with Gasteiger partial charge in [-0.3, -0.25) is 38.4 Å². The number of fused-ring (bicyclic) bond motifs is 5. The molecule has 1 aliphatic heterocycles. The molecule has 21 nitrogen and oxygen atoms in total. The van der Waals surface area contributed by atoms with Gasteiger partial charge in [0.1, 0.15) is 42.1 Å². The molecule has 3 aromatic carbocycles. The lowest BCUT2D eigenvalue weighted by molar-refractivity contribution is -0.346. The summed E-state index contributed by atoms with van der Waals surface area (Å²) < 4.78 is 44.4. The first-order chi connectivity index (χ1) is 40.4. The van der Waals surface area contributed by atoms with Crippen LogP contribution >= 0.6 is 0 Å². The maximum absolute atomic E-state index is 16.5. The van der Waals surface area contributed by atoms with E-state index in [-0.39, 0.29) is 34.3 Å². The maximum atomic E-state index is 16.5.